The van der Waals surface area contributed by atoms with E-state index in [0.29, 0.717) is 18.9 Å². The van der Waals surface area contributed by atoms with Crippen molar-refractivity contribution in [1.29, 1.82) is 0 Å². The number of aromatic nitrogens is 4. The topological polar surface area (TPSA) is 105 Å². The fourth-order valence-electron chi connectivity index (χ4n) is 4.94. The third kappa shape index (κ3) is 5.58. The molecule has 0 radical (unpaired) electrons. The first-order chi connectivity index (χ1) is 16.1. The molecule has 9 heteroatoms. The molecule has 9 nitrogen and oxygen atoms in total. The Morgan fingerprint density at radius 3 is 2.58 bits per heavy atom. The van der Waals surface area contributed by atoms with Crippen molar-refractivity contribution < 1.29 is 9.59 Å². The van der Waals surface area contributed by atoms with Crippen LogP contribution in [0, 0.1) is 5.92 Å². The van der Waals surface area contributed by atoms with Crippen LogP contribution in [-0.4, -0.2) is 62.6 Å². The molecule has 33 heavy (non-hydrogen) atoms. The zero-order valence-corrected chi connectivity index (χ0v) is 19.6. The molecule has 2 amide bonds. The molecule has 2 unspecified atom stereocenters. The van der Waals surface area contributed by atoms with Crippen LogP contribution >= 0.6 is 0 Å². The first kappa shape index (κ1) is 23.4. The summed E-state index contributed by atoms with van der Waals surface area (Å²) in [6.45, 7) is 3.00. The lowest BCUT2D eigenvalue weighted by Gasteiger charge is -2.34. The Kier molecular flexibility index (Phi) is 7.69. The summed E-state index contributed by atoms with van der Waals surface area (Å²) >= 11 is 0. The number of benzene rings is 1. The van der Waals surface area contributed by atoms with Gasteiger partial charge in [0.25, 0.3) is 0 Å². The quantitative estimate of drug-likeness (QED) is 0.634. The minimum atomic E-state index is -0.506. The maximum absolute atomic E-state index is 13.8. The van der Waals surface area contributed by atoms with E-state index in [1.165, 1.54) is 6.42 Å². The van der Waals surface area contributed by atoms with Gasteiger partial charge in [0.15, 0.2) is 5.82 Å². The van der Waals surface area contributed by atoms with E-state index in [4.69, 9.17) is 0 Å². The number of rotatable bonds is 8. The fraction of sp³-hybridized carbons (Fsp3) is 0.625. The molecular formula is C24H35N7O2. The molecule has 1 saturated heterocycles. The van der Waals surface area contributed by atoms with Gasteiger partial charge in [0.2, 0.25) is 11.8 Å². The van der Waals surface area contributed by atoms with E-state index in [-0.39, 0.29) is 29.8 Å². The first-order valence-corrected chi connectivity index (χ1v) is 12.2. The second-order valence-electron chi connectivity index (χ2n) is 9.25. The van der Waals surface area contributed by atoms with Gasteiger partial charge in [-0.25, -0.2) is 0 Å². The van der Waals surface area contributed by atoms with Gasteiger partial charge in [-0.1, -0.05) is 49.6 Å². The molecule has 1 saturated carbocycles. The Labute approximate surface area is 195 Å². The van der Waals surface area contributed by atoms with Crippen molar-refractivity contribution >= 4 is 11.8 Å². The Hall–Kier alpha value is -2.81. The number of hydrogen-bond donors (Lipinski definition) is 2. The number of nitrogens with one attached hydrogen (secondary N) is 2. The van der Waals surface area contributed by atoms with Crippen LogP contribution in [0.5, 0.6) is 0 Å². The summed E-state index contributed by atoms with van der Waals surface area (Å²) in [6, 6.07) is 8.94. The summed E-state index contributed by atoms with van der Waals surface area (Å²) in [5.74, 6) is 0.598. The molecule has 1 aromatic carbocycles. The van der Waals surface area contributed by atoms with Crippen molar-refractivity contribution in [3.05, 3.63) is 41.7 Å². The normalized spacial score (nSPS) is 21.0. The number of likely N-dealkylation sites (tertiary alicyclic amines) is 1. The highest BCUT2D eigenvalue weighted by atomic mass is 16.2. The number of nitrogens with zero attached hydrogens (tertiary/aromatic N) is 5. The van der Waals surface area contributed by atoms with Crippen molar-refractivity contribution in [2.75, 3.05) is 13.6 Å². The Bertz CT molecular complexity index is 926. The van der Waals surface area contributed by atoms with Gasteiger partial charge in [0.05, 0.1) is 18.6 Å². The van der Waals surface area contributed by atoms with Gasteiger partial charge in [-0.05, 0) is 56.3 Å². The van der Waals surface area contributed by atoms with Crippen LogP contribution in [0.4, 0.5) is 0 Å². The van der Waals surface area contributed by atoms with Gasteiger partial charge < -0.3 is 15.5 Å². The van der Waals surface area contributed by atoms with Crippen molar-refractivity contribution in [2.45, 2.75) is 76.5 Å². The molecule has 2 aromatic rings. The maximum atomic E-state index is 13.8. The number of hydrogen-bond acceptors (Lipinski definition) is 6. The second kappa shape index (κ2) is 10.9. The van der Waals surface area contributed by atoms with Crippen molar-refractivity contribution in [1.82, 2.24) is 35.7 Å². The van der Waals surface area contributed by atoms with E-state index in [2.05, 4.69) is 26.0 Å². The van der Waals surface area contributed by atoms with Crippen LogP contribution in [0.3, 0.4) is 0 Å². The molecule has 1 aromatic heterocycles. The van der Waals surface area contributed by atoms with E-state index in [1.807, 2.05) is 42.2 Å². The van der Waals surface area contributed by atoms with Crippen LogP contribution in [-0.2, 0) is 16.1 Å². The average molecular weight is 454 g/mol. The molecule has 2 N–H and O–H groups in total. The highest BCUT2D eigenvalue weighted by Gasteiger charge is 2.40. The number of amides is 2. The van der Waals surface area contributed by atoms with Gasteiger partial charge in [-0.3, -0.25) is 9.59 Å². The van der Waals surface area contributed by atoms with Crippen molar-refractivity contribution in [3.63, 3.8) is 0 Å². The molecule has 178 valence electrons. The van der Waals surface area contributed by atoms with Crippen molar-refractivity contribution in [2.24, 2.45) is 5.92 Å². The average Bonchev–Trinajstić information content (AvgIpc) is 3.52. The number of likely N-dealkylation sites (N-methyl/N-ethyl adjacent to an activating group) is 1. The summed E-state index contributed by atoms with van der Waals surface area (Å²) in [5.41, 5.74) is 1.10. The minimum Gasteiger partial charge on any atom is -0.343 e. The number of tetrazole rings is 1. The molecule has 4 rings (SSSR count). The first-order valence-electron chi connectivity index (χ1n) is 12.2. The van der Waals surface area contributed by atoms with Crippen LogP contribution in [0.2, 0.25) is 0 Å². The van der Waals surface area contributed by atoms with E-state index in [0.717, 1.165) is 44.1 Å². The van der Waals surface area contributed by atoms with Gasteiger partial charge in [-0.2, -0.15) is 4.80 Å². The second-order valence-corrected chi connectivity index (χ2v) is 9.25. The summed E-state index contributed by atoms with van der Waals surface area (Å²) in [5, 5.41) is 19.2. The van der Waals surface area contributed by atoms with E-state index >= 15 is 0 Å². The van der Waals surface area contributed by atoms with Gasteiger partial charge in [0, 0.05) is 6.54 Å². The van der Waals surface area contributed by atoms with Crippen LogP contribution in [0.1, 0.15) is 69.3 Å². The monoisotopic (exact) mass is 453 g/mol. The highest BCUT2D eigenvalue weighted by Crippen LogP contribution is 2.33. The maximum Gasteiger partial charge on any atom is 0.246 e. The molecule has 0 bridgehead atoms. The summed E-state index contributed by atoms with van der Waals surface area (Å²) in [6.07, 6.45) is 7.03. The van der Waals surface area contributed by atoms with E-state index < -0.39 is 6.04 Å². The zero-order valence-electron chi connectivity index (χ0n) is 19.6. The third-order valence-electron chi connectivity index (χ3n) is 6.98. The lowest BCUT2D eigenvalue weighted by molar-refractivity contribution is -0.139. The summed E-state index contributed by atoms with van der Waals surface area (Å²) in [7, 11) is 1.75. The summed E-state index contributed by atoms with van der Waals surface area (Å²) < 4.78 is 0. The predicted octanol–water partition coefficient (Wildman–Crippen LogP) is 2.06. The third-order valence-corrected chi connectivity index (χ3v) is 6.98. The minimum absolute atomic E-state index is 0.0135. The molecule has 2 fully saturated rings. The Morgan fingerprint density at radius 2 is 1.85 bits per heavy atom. The summed E-state index contributed by atoms with van der Waals surface area (Å²) in [4.78, 5) is 29.9. The Balaban J connectivity index is 1.50. The largest absolute Gasteiger partial charge is 0.343 e. The number of carbonyl (C=O) groups excluding carboxylic acids is 2. The molecule has 2 aliphatic rings. The SMILES string of the molecule is CNC(C)C(=O)N[C@H](C(=O)N1CCCC1c1nnn(Cc2ccccc2)n1)C1CCCCC1. The van der Waals surface area contributed by atoms with E-state index in [1.54, 1.807) is 11.8 Å². The highest BCUT2D eigenvalue weighted by molar-refractivity contribution is 5.90. The zero-order chi connectivity index (χ0) is 23.2. The van der Waals surface area contributed by atoms with E-state index in [9.17, 15) is 9.59 Å². The van der Waals surface area contributed by atoms with Crippen LogP contribution < -0.4 is 10.6 Å². The van der Waals surface area contributed by atoms with Crippen LogP contribution in [0.15, 0.2) is 30.3 Å². The standard InChI is InChI=1S/C24H35N7O2/c1-17(25-2)23(32)26-21(19-12-7-4-8-13-19)24(33)30-15-9-14-20(30)22-27-29-31(28-22)16-18-10-5-3-6-11-18/h3,5-6,10-11,17,19-21,25H,4,7-9,12-16H2,1-2H3,(H,26,32)/t17?,20?,21-/m0/s1. The van der Waals surface area contributed by atoms with Gasteiger partial charge in [0.1, 0.15) is 6.04 Å². The van der Waals surface area contributed by atoms with Crippen LogP contribution in [0.25, 0.3) is 0 Å². The lowest BCUT2D eigenvalue weighted by atomic mass is 9.83. The molecule has 0 spiro atoms. The van der Waals surface area contributed by atoms with Gasteiger partial charge >= 0.3 is 0 Å². The smallest absolute Gasteiger partial charge is 0.246 e. The molecule has 1 aliphatic carbocycles. The predicted molar refractivity (Wildman–Crippen MR) is 124 cm³/mol. The number of carbonyl (C=O) groups is 2. The lowest BCUT2D eigenvalue weighted by Crippen LogP contribution is -2.55. The fourth-order valence-corrected chi connectivity index (χ4v) is 4.94. The Morgan fingerprint density at radius 1 is 1.09 bits per heavy atom. The molecule has 3 atom stereocenters. The molecule has 1 aliphatic heterocycles. The molecule has 2 heterocycles. The van der Waals surface area contributed by atoms with Crippen molar-refractivity contribution in [3.8, 4) is 0 Å². The molecular weight excluding hydrogens is 418 g/mol. The van der Waals surface area contributed by atoms with Gasteiger partial charge in [-0.15, -0.1) is 10.2 Å².